The number of alkyl halides is 4. The van der Waals surface area contributed by atoms with Crippen LogP contribution in [0.2, 0.25) is 0 Å². The van der Waals surface area contributed by atoms with E-state index in [4.69, 9.17) is 0 Å². The molecule has 0 unspecified atom stereocenters. The average molecular weight is 509 g/mol. The van der Waals surface area contributed by atoms with E-state index >= 15 is 0 Å². The zero-order chi connectivity index (χ0) is 25.9. The van der Waals surface area contributed by atoms with E-state index in [9.17, 15) is 22.4 Å². The number of pyridine rings is 1. The third kappa shape index (κ3) is 6.48. The number of likely N-dealkylation sites (tertiary alicyclic amines) is 2. The van der Waals surface area contributed by atoms with Crippen molar-refractivity contribution in [3.8, 4) is 11.8 Å². The number of carbonyl (C=O) groups excluding carboxylic acids is 1. The summed E-state index contributed by atoms with van der Waals surface area (Å²) in [4.78, 5) is 16.5. The SMILES string of the molecule is CN1CCC(C(=O)NCC#Cc2nn3c(N[C@@H]4CCN(C)C[C@@H]4F)cccc3c2CC(F)(F)F)CC1. The van der Waals surface area contributed by atoms with E-state index < -0.39 is 24.8 Å². The van der Waals surface area contributed by atoms with Crippen LogP contribution in [-0.4, -0.2) is 90.5 Å². The first kappa shape index (κ1) is 26.2. The number of piperidine rings is 2. The van der Waals surface area contributed by atoms with Crippen LogP contribution in [0.3, 0.4) is 0 Å². The smallest absolute Gasteiger partial charge is 0.364 e. The van der Waals surface area contributed by atoms with Gasteiger partial charge in [0.15, 0.2) is 0 Å². The number of nitrogens with zero attached hydrogens (tertiary/aromatic N) is 4. The molecule has 0 aliphatic carbocycles. The maximum Gasteiger partial charge on any atom is 0.393 e. The van der Waals surface area contributed by atoms with Gasteiger partial charge in [0.1, 0.15) is 17.7 Å². The minimum atomic E-state index is -4.45. The Morgan fingerprint density at radius 2 is 1.86 bits per heavy atom. The molecule has 0 radical (unpaired) electrons. The first-order valence-corrected chi connectivity index (χ1v) is 12.2. The van der Waals surface area contributed by atoms with Gasteiger partial charge in [0.2, 0.25) is 5.91 Å². The third-order valence-electron chi connectivity index (χ3n) is 6.86. The molecule has 2 N–H and O–H groups in total. The molecule has 2 saturated heterocycles. The van der Waals surface area contributed by atoms with Crippen molar-refractivity contribution in [1.82, 2.24) is 24.7 Å². The molecular formula is C25H32F4N6O. The number of hydrogen-bond acceptors (Lipinski definition) is 5. The average Bonchev–Trinajstić information content (AvgIpc) is 3.15. The van der Waals surface area contributed by atoms with Crippen LogP contribution in [0.25, 0.3) is 5.52 Å². The highest BCUT2D eigenvalue weighted by Crippen LogP contribution is 2.28. The van der Waals surface area contributed by atoms with Gasteiger partial charge in [-0.15, -0.1) is 0 Å². The van der Waals surface area contributed by atoms with Crippen molar-refractivity contribution in [2.24, 2.45) is 5.92 Å². The molecule has 2 fully saturated rings. The molecule has 36 heavy (non-hydrogen) atoms. The Morgan fingerprint density at radius 1 is 1.14 bits per heavy atom. The monoisotopic (exact) mass is 508 g/mol. The number of fused-ring (bicyclic) bond motifs is 1. The van der Waals surface area contributed by atoms with Gasteiger partial charge in [-0.25, -0.2) is 8.91 Å². The van der Waals surface area contributed by atoms with E-state index in [0.29, 0.717) is 18.8 Å². The van der Waals surface area contributed by atoms with Gasteiger partial charge in [0.25, 0.3) is 0 Å². The predicted octanol–water partition coefficient (Wildman–Crippen LogP) is 2.70. The van der Waals surface area contributed by atoms with E-state index in [-0.39, 0.29) is 41.7 Å². The van der Waals surface area contributed by atoms with Crippen molar-refractivity contribution in [3.05, 3.63) is 29.5 Å². The Balaban J connectivity index is 1.53. The summed E-state index contributed by atoms with van der Waals surface area (Å²) in [6.45, 7) is 2.72. The second-order valence-electron chi connectivity index (χ2n) is 9.74. The minimum absolute atomic E-state index is 0.00436. The van der Waals surface area contributed by atoms with Gasteiger partial charge >= 0.3 is 6.18 Å². The molecule has 4 heterocycles. The lowest BCUT2D eigenvalue weighted by Gasteiger charge is -2.33. The molecule has 0 spiro atoms. The van der Waals surface area contributed by atoms with E-state index in [1.165, 1.54) is 4.52 Å². The fraction of sp³-hybridized carbons (Fsp3) is 0.600. The third-order valence-corrected chi connectivity index (χ3v) is 6.86. The Labute approximate surface area is 208 Å². The lowest BCUT2D eigenvalue weighted by atomic mass is 9.96. The molecular weight excluding hydrogens is 476 g/mol. The number of anilines is 1. The van der Waals surface area contributed by atoms with Crippen LogP contribution < -0.4 is 10.6 Å². The quantitative estimate of drug-likeness (QED) is 0.481. The predicted molar refractivity (Wildman–Crippen MR) is 129 cm³/mol. The molecule has 1 amide bonds. The van der Waals surface area contributed by atoms with E-state index in [1.54, 1.807) is 18.2 Å². The summed E-state index contributed by atoms with van der Waals surface area (Å²) in [5, 5.41) is 10.2. The van der Waals surface area contributed by atoms with Crippen LogP contribution >= 0.6 is 0 Å². The molecule has 0 aromatic carbocycles. The summed E-state index contributed by atoms with van der Waals surface area (Å²) in [5.74, 6) is 5.73. The van der Waals surface area contributed by atoms with Crippen LogP contribution in [0.1, 0.15) is 30.5 Å². The second-order valence-corrected chi connectivity index (χ2v) is 9.74. The second kappa shape index (κ2) is 11.0. The lowest BCUT2D eigenvalue weighted by Crippen LogP contribution is -2.46. The topological polar surface area (TPSA) is 64.9 Å². The molecule has 0 bridgehead atoms. The highest BCUT2D eigenvalue weighted by atomic mass is 19.4. The summed E-state index contributed by atoms with van der Waals surface area (Å²) in [5.41, 5.74) is 0.219. The molecule has 4 rings (SSSR count). The van der Waals surface area contributed by atoms with Crippen LogP contribution in [0, 0.1) is 17.8 Å². The highest BCUT2D eigenvalue weighted by Gasteiger charge is 2.32. The summed E-state index contributed by atoms with van der Waals surface area (Å²) in [6, 6.07) is 4.38. The van der Waals surface area contributed by atoms with Crippen LogP contribution in [0.4, 0.5) is 23.4 Å². The van der Waals surface area contributed by atoms with Crippen LogP contribution in [-0.2, 0) is 11.2 Å². The zero-order valence-electron chi connectivity index (χ0n) is 20.5. The normalized spacial score (nSPS) is 22.3. The van der Waals surface area contributed by atoms with Gasteiger partial charge in [-0.3, -0.25) is 4.79 Å². The molecule has 2 aromatic rings. The minimum Gasteiger partial charge on any atom is -0.364 e. The number of aromatic nitrogens is 2. The van der Waals surface area contributed by atoms with Gasteiger partial charge in [-0.1, -0.05) is 12.0 Å². The Hall–Kier alpha value is -2.84. The molecule has 2 aliphatic rings. The Bertz CT molecular complexity index is 1130. The number of carbonyl (C=O) groups is 1. The number of rotatable bonds is 5. The summed E-state index contributed by atoms with van der Waals surface area (Å²) >= 11 is 0. The molecule has 196 valence electrons. The molecule has 2 atom stereocenters. The molecule has 0 saturated carbocycles. The van der Waals surface area contributed by atoms with Gasteiger partial charge < -0.3 is 20.4 Å². The zero-order valence-corrected chi connectivity index (χ0v) is 20.5. The first-order valence-electron chi connectivity index (χ1n) is 12.2. The fourth-order valence-electron chi connectivity index (χ4n) is 4.79. The largest absolute Gasteiger partial charge is 0.393 e. The van der Waals surface area contributed by atoms with E-state index in [2.05, 4.69) is 32.5 Å². The molecule has 7 nitrogen and oxygen atoms in total. The van der Waals surface area contributed by atoms with Crippen LogP contribution in [0.15, 0.2) is 18.2 Å². The fourth-order valence-corrected chi connectivity index (χ4v) is 4.79. The maximum atomic E-state index is 14.6. The molecule has 2 aliphatic heterocycles. The van der Waals surface area contributed by atoms with Crippen molar-refractivity contribution in [3.63, 3.8) is 0 Å². The summed E-state index contributed by atoms with van der Waals surface area (Å²) < 4.78 is 56.1. The number of hydrogen-bond donors (Lipinski definition) is 2. The number of nitrogens with one attached hydrogen (secondary N) is 2. The Morgan fingerprint density at radius 3 is 2.56 bits per heavy atom. The van der Waals surface area contributed by atoms with Gasteiger partial charge in [0, 0.05) is 24.6 Å². The highest BCUT2D eigenvalue weighted by molar-refractivity contribution is 5.79. The standard InChI is InChI=1S/C25H32F4N6O/c1-33-12-8-17(9-13-33)24(36)30-11-4-5-20-18(15-25(27,28)29)22-6-3-7-23(35(22)32-20)31-21-10-14-34(2)16-19(21)26/h3,6-7,17,19,21,31H,8-16H2,1-2H3,(H,30,36)/t19-,21+/m0/s1. The first-order chi connectivity index (χ1) is 17.1. The Kier molecular flexibility index (Phi) is 8.05. The van der Waals surface area contributed by atoms with Crippen molar-refractivity contribution in [2.45, 2.75) is 44.1 Å². The molecule has 11 heteroatoms. The van der Waals surface area contributed by atoms with Crippen molar-refractivity contribution >= 4 is 17.2 Å². The van der Waals surface area contributed by atoms with Crippen LogP contribution in [0.5, 0.6) is 0 Å². The number of amides is 1. The number of halogens is 4. The summed E-state index contributed by atoms with van der Waals surface area (Å²) in [7, 11) is 3.86. The van der Waals surface area contributed by atoms with E-state index in [0.717, 1.165) is 25.9 Å². The van der Waals surface area contributed by atoms with Gasteiger partial charge in [-0.05, 0) is 64.5 Å². The van der Waals surface area contributed by atoms with E-state index in [1.807, 2.05) is 19.0 Å². The molecule has 2 aromatic heterocycles. The van der Waals surface area contributed by atoms with Gasteiger partial charge in [-0.2, -0.15) is 18.3 Å². The van der Waals surface area contributed by atoms with Crippen molar-refractivity contribution in [1.29, 1.82) is 0 Å². The summed E-state index contributed by atoms with van der Waals surface area (Å²) in [6.07, 6.45) is -4.66. The lowest BCUT2D eigenvalue weighted by molar-refractivity contribution is -0.127. The van der Waals surface area contributed by atoms with Crippen molar-refractivity contribution < 1.29 is 22.4 Å². The van der Waals surface area contributed by atoms with Gasteiger partial charge in [0.05, 0.1) is 24.5 Å². The van der Waals surface area contributed by atoms with Crippen molar-refractivity contribution in [2.75, 3.05) is 52.1 Å². The maximum absolute atomic E-state index is 14.6.